The number of carboxylic acids is 1. The summed E-state index contributed by atoms with van der Waals surface area (Å²) in [5.41, 5.74) is 2.62. The van der Waals surface area contributed by atoms with E-state index in [-0.39, 0.29) is 18.7 Å². The Hall–Kier alpha value is -1.43. The van der Waals surface area contributed by atoms with Crippen LogP contribution in [0.15, 0.2) is 5.51 Å². The molecule has 2 N–H and O–H groups in total. The highest BCUT2D eigenvalue weighted by atomic mass is 32.1. The number of hydrogen-bond acceptors (Lipinski definition) is 4. The Morgan fingerprint density at radius 2 is 2.27 bits per heavy atom. The Bertz CT molecular complexity index is 362. The maximum atomic E-state index is 11.2. The summed E-state index contributed by atoms with van der Waals surface area (Å²) in [6, 6.07) is 0. The number of carbonyl (C=O) groups is 2. The van der Waals surface area contributed by atoms with Crippen LogP contribution in [0.3, 0.4) is 0 Å². The van der Waals surface area contributed by atoms with Crippen molar-refractivity contribution in [2.45, 2.75) is 26.3 Å². The lowest BCUT2D eigenvalue weighted by Gasteiger charge is -2.02. The SMILES string of the molecule is Cc1ncsc1CNC(=O)CCC(=O)O. The summed E-state index contributed by atoms with van der Waals surface area (Å²) in [7, 11) is 0. The number of nitrogens with one attached hydrogen (secondary N) is 1. The first-order valence-corrected chi connectivity index (χ1v) is 5.35. The highest BCUT2D eigenvalue weighted by molar-refractivity contribution is 7.09. The number of nitrogens with zero attached hydrogens (tertiary/aromatic N) is 1. The molecule has 0 aliphatic heterocycles. The Balaban J connectivity index is 2.28. The van der Waals surface area contributed by atoms with Crippen LogP contribution >= 0.6 is 11.3 Å². The fourth-order valence-electron chi connectivity index (χ4n) is 0.984. The first kappa shape index (κ1) is 11.6. The van der Waals surface area contributed by atoms with E-state index in [1.54, 1.807) is 5.51 Å². The summed E-state index contributed by atoms with van der Waals surface area (Å²) in [5.74, 6) is -1.20. The minimum absolute atomic E-state index is 0.0210. The van der Waals surface area contributed by atoms with E-state index in [4.69, 9.17) is 5.11 Å². The number of aliphatic carboxylic acids is 1. The van der Waals surface area contributed by atoms with Gasteiger partial charge in [-0.3, -0.25) is 9.59 Å². The van der Waals surface area contributed by atoms with E-state index in [1.165, 1.54) is 11.3 Å². The molecule has 1 aromatic rings. The van der Waals surface area contributed by atoms with Crippen LogP contribution in [0.2, 0.25) is 0 Å². The van der Waals surface area contributed by atoms with Crippen molar-refractivity contribution in [1.29, 1.82) is 0 Å². The predicted octanol–water partition coefficient (Wildman–Crippen LogP) is 0.933. The Morgan fingerprint density at radius 3 is 2.80 bits per heavy atom. The van der Waals surface area contributed by atoms with E-state index in [0.717, 1.165) is 10.6 Å². The van der Waals surface area contributed by atoms with Gasteiger partial charge in [0.25, 0.3) is 0 Å². The molecule has 0 aliphatic rings. The Morgan fingerprint density at radius 1 is 1.53 bits per heavy atom. The molecule has 5 nitrogen and oxygen atoms in total. The quantitative estimate of drug-likeness (QED) is 0.785. The number of aryl methyl sites for hydroxylation is 1. The second kappa shape index (κ2) is 5.45. The monoisotopic (exact) mass is 228 g/mol. The van der Waals surface area contributed by atoms with Gasteiger partial charge in [0.05, 0.1) is 24.2 Å². The van der Waals surface area contributed by atoms with E-state index in [1.807, 2.05) is 6.92 Å². The second-order valence-corrected chi connectivity index (χ2v) is 3.97. The number of rotatable bonds is 5. The first-order chi connectivity index (χ1) is 7.09. The van der Waals surface area contributed by atoms with Crippen LogP contribution in [0.4, 0.5) is 0 Å². The van der Waals surface area contributed by atoms with Crippen LogP contribution < -0.4 is 5.32 Å². The number of carbonyl (C=O) groups excluding carboxylic acids is 1. The van der Waals surface area contributed by atoms with Crippen LogP contribution in [0.1, 0.15) is 23.4 Å². The third kappa shape index (κ3) is 4.07. The van der Waals surface area contributed by atoms with Gasteiger partial charge in [0, 0.05) is 11.3 Å². The summed E-state index contributed by atoms with van der Waals surface area (Å²) in [6.07, 6.45) is -0.110. The number of amides is 1. The van der Waals surface area contributed by atoms with Crippen LogP contribution in [-0.2, 0) is 16.1 Å². The molecule has 0 spiro atoms. The van der Waals surface area contributed by atoms with Gasteiger partial charge in [-0.1, -0.05) is 0 Å². The molecule has 0 saturated heterocycles. The lowest BCUT2D eigenvalue weighted by molar-refractivity contribution is -0.138. The first-order valence-electron chi connectivity index (χ1n) is 4.47. The van der Waals surface area contributed by atoms with Crippen molar-refractivity contribution >= 4 is 23.2 Å². The van der Waals surface area contributed by atoms with Gasteiger partial charge in [0.15, 0.2) is 0 Å². The zero-order valence-electron chi connectivity index (χ0n) is 8.32. The highest BCUT2D eigenvalue weighted by Crippen LogP contribution is 2.11. The smallest absolute Gasteiger partial charge is 0.303 e. The van der Waals surface area contributed by atoms with Gasteiger partial charge in [0.1, 0.15) is 0 Å². The van der Waals surface area contributed by atoms with Crippen molar-refractivity contribution in [2.75, 3.05) is 0 Å². The number of aromatic nitrogens is 1. The molecule has 0 atom stereocenters. The number of carboxylic acid groups (broad SMARTS) is 1. The molecule has 1 aromatic heterocycles. The van der Waals surface area contributed by atoms with Crippen LogP contribution in [0.25, 0.3) is 0 Å². The topological polar surface area (TPSA) is 79.3 Å². The Kier molecular flexibility index (Phi) is 4.23. The van der Waals surface area contributed by atoms with Crippen molar-refractivity contribution in [3.63, 3.8) is 0 Å². The molecule has 0 aliphatic carbocycles. The molecular formula is C9H12N2O3S. The van der Waals surface area contributed by atoms with E-state index >= 15 is 0 Å². The van der Waals surface area contributed by atoms with Gasteiger partial charge in [-0.25, -0.2) is 4.98 Å². The molecule has 82 valence electrons. The summed E-state index contributed by atoms with van der Waals surface area (Å²) in [5, 5.41) is 11.0. The third-order valence-corrected chi connectivity index (χ3v) is 2.79. The fourth-order valence-corrected chi connectivity index (χ4v) is 1.70. The lowest BCUT2D eigenvalue weighted by atomic mass is 10.3. The average molecular weight is 228 g/mol. The summed E-state index contributed by atoms with van der Waals surface area (Å²) in [6.45, 7) is 2.30. The third-order valence-electron chi connectivity index (χ3n) is 1.86. The largest absolute Gasteiger partial charge is 0.481 e. The normalized spacial score (nSPS) is 9.93. The van der Waals surface area contributed by atoms with Gasteiger partial charge >= 0.3 is 5.97 Å². The number of thiazole rings is 1. The molecule has 0 aromatic carbocycles. The molecule has 1 amide bonds. The van der Waals surface area contributed by atoms with Crippen LogP contribution in [0.5, 0.6) is 0 Å². The molecule has 1 heterocycles. The molecule has 1 rings (SSSR count). The van der Waals surface area contributed by atoms with Gasteiger partial charge in [-0.05, 0) is 6.92 Å². The molecule has 0 saturated carbocycles. The maximum Gasteiger partial charge on any atom is 0.303 e. The van der Waals surface area contributed by atoms with Crippen LogP contribution in [-0.4, -0.2) is 22.0 Å². The molecule has 0 radical (unpaired) electrons. The minimum atomic E-state index is -0.959. The zero-order chi connectivity index (χ0) is 11.3. The Labute approximate surface area is 91.1 Å². The van der Waals surface area contributed by atoms with Gasteiger partial charge in [0.2, 0.25) is 5.91 Å². The summed E-state index contributed by atoms with van der Waals surface area (Å²) >= 11 is 1.47. The summed E-state index contributed by atoms with van der Waals surface area (Å²) < 4.78 is 0. The average Bonchev–Trinajstić information content (AvgIpc) is 2.58. The highest BCUT2D eigenvalue weighted by Gasteiger charge is 2.06. The molecular weight excluding hydrogens is 216 g/mol. The van der Waals surface area contributed by atoms with E-state index in [0.29, 0.717) is 6.54 Å². The molecule has 0 unspecified atom stereocenters. The van der Waals surface area contributed by atoms with Crippen LogP contribution in [0, 0.1) is 6.92 Å². The van der Waals surface area contributed by atoms with Gasteiger partial charge in [-0.2, -0.15) is 0 Å². The predicted molar refractivity (Wildman–Crippen MR) is 55.6 cm³/mol. The minimum Gasteiger partial charge on any atom is -0.481 e. The lowest BCUT2D eigenvalue weighted by Crippen LogP contribution is -2.23. The van der Waals surface area contributed by atoms with E-state index < -0.39 is 5.97 Å². The van der Waals surface area contributed by atoms with Crippen molar-refractivity contribution in [1.82, 2.24) is 10.3 Å². The molecule has 15 heavy (non-hydrogen) atoms. The van der Waals surface area contributed by atoms with Crippen molar-refractivity contribution < 1.29 is 14.7 Å². The summed E-state index contributed by atoms with van der Waals surface area (Å²) in [4.78, 5) is 26.4. The van der Waals surface area contributed by atoms with Crippen molar-refractivity contribution in [3.8, 4) is 0 Å². The van der Waals surface area contributed by atoms with Gasteiger partial charge in [-0.15, -0.1) is 11.3 Å². The number of hydrogen-bond donors (Lipinski definition) is 2. The molecule has 6 heteroatoms. The molecule has 0 fully saturated rings. The van der Waals surface area contributed by atoms with Gasteiger partial charge < -0.3 is 10.4 Å². The van der Waals surface area contributed by atoms with Crippen molar-refractivity contribution in [3.05, 3.63) is 16.1 Å². The second-order valence-electron chi connectivity index (χ2n) is 3.03. The maximum absolute atomic E-state index is 11.2. The van der Waals surface area contributed by atoms with E-state index in [2.05, 4.69) is 10.3 Å². The fraction of sp³-hybridized carbons (Fsp3) is 0.444. The molecule has 0 bridgehead atoms. The van der Waals surface area contributed by atoms with Crippen molar-refractivity contribution in [2.24, 2.45) is 0 Å². The standard InChI is InChI=1S/C9H12N2O3S/c1-6-7(15-5-11-6)4-10-8(12)2-3-9(13)14/h5H,2-4H2,1H3,(H,10,12)(H,13,14). The van der Waals surface area contributed by atoms with E-state index in [9.17, 15) is 9.59 Å². The zero-order valence-corrected chi connectivity index (χ0v) is 9.13.